The van der Waals surface area contributed by atoms with Crippen molar-refractivity contribution in [3.63, 3.8) is 0 Å². The van der Waals surface area contributed by atoms with E-state index in [2.05, 4.69) is 38.2 Å². The molecule has 488 valence electrons. The Hall–Kier alpha value is -2.70. The molecule has 0 bridgehead atoms. The predicted octanol–water partition coefficient (Wildman–Crippen LogP) is 10.6. The molecule has 2 aliphatic heterocycles. The minimum Gasteiger partial charge on any atom is -0.747 e. The van der Waals surface area contributed by atoms with E-state index in [1.807, 2.05) is 0 Å². The normalized spacial score (nSPS) is 19.8. The summed E-state index contributed by atoms with van der Waals surface area (Å²) in [7, 11) is -10.3. The Morgan fingerprint density at radius 1 is 0.447 bits per heavy atom. The van der Waals surface area contributed by atoms with Crippen LogP contribution in [0.5, 0.6) is 0 Å². The van der Waals surface area contributed by atoms with Gasteiger partial charge in [-0.2, -0.15) is 0 Å². The molecular formula is C62H106CaO20S2. The monoisotopic (exact) mass is 1270 g/mol. The van der Waals surface area contributed by atoms with Crippen LogP contribution in [0.4, 0.5) is 0 Å². The van der Waals surface area contributed by atoms with Crippen molar-refractivity contribution in [1.29, 1.82) is 0 Å². The van der Waals surface area contributed by atoms with Crippen molar-refractivity contribution in [1.82, 2.24) is 0 Å². The standard InChI is InChI=1S/2C31H54O10S.Ca/c2*1-2-3-4-5-6-7-8-9-10-11-12-13-14-15-16-17-18-19-20-21-28(33)39-24-31(23-32)25-40-29(34)22-27(42(36,37)38)30(35)41-26-31;/h2*9-10,27,32H,2-8,11-26H2,1H3,(H,36,37,38);/q;;+2/p-2/b2*10-9-;. The summed E-state index contributed by atoms with van der Waals surface area (Å²) in [6, 6.07) is 0. The first-order valence-corrected chi connectivity index (χ1v) is 34.6. The molecule has 0 aromatic carbocycles. The number of esters is 6. The molecular weight excluding hydrogens is 1170 g/mol. The maximum atomic E-state index is 12.2. The molecule has 2 saturated heterocycles. The number of carbonyl (C=O) groups excluding carboxylic acids is 6. The molecule has 2 aliphatic rings. The first-order valence-electron chi connectivity index (χ1n) is 31.6. The SMILES string of the molecule is CCCCCCCC/C=C\CCCCCCCCCCCC(=O)OCC1(CO)COC(=O)CC(S(=O)(=O)[O-])C(=O)OC1.CCCCCCCC/C=C\CCCCCCCCCCCC(=O)OCC1(CO)COC(=O)CC(S(=O)(=O)[O-])C(=O)OC1.[Ca+2]. The van der Waals surface area contributed by atoms with E-state index in [1.165, 1.54) is 167 Å². The van der Waals surface area contributed by atoms with Gasteiger partial charge in [0.1, 0.15) is 59.9 Å². The molecule has 0 saturated carbocycles. The van der Waals surface area contributed by atoms with Crippen LogP contribution in [0.1, 0.15) is 258 Å². The number of aliphatic hydroxyl groups excluding tert-OH is 2. The number of hydrogen-bond acceptors (Lipinski definition) is 20. The Labute approximate surface area is 539 Å². The smallest absolute Gasteiger partial charge is 0.747 e. The van der Waals surface area contributed by atoms with E-state index in [9.17, 15) is 64.9 Å². The summed E-state index contributed by atoms with van der Waals surface area (Å²) in [5, 5.41) is 15.2. The summed E-state index contributed by atoms with van der Waals surface area (Å²) in [5.41, 5.74) is -2.90. The molecule has 20 nitrogen and oxygen atoms in total. The number of rotatable bonds is 46. The number of unbranched alkanes of at least 4 members (excludes halogenated alkanes) is 30. The fourth-order valence-electron chi connectivity index (χ4n) is 9.36. The second-order valence-electron chi connectivity index (χ2n) is 23.0. The van der Waals surface area contributed by atoms with Crippen molar-refractivity contribution in [3.05, 3.63) is 24.3 Å². The quantitative estimate of drug-likeness (QED) is 0.0143. The van der Waals surface area contributed by atoms with Gasteiger partial charge >= 0.3 is 73.6 Å². The van der Waals surface area contributed by atoms with E-state index in [-0.39, 0.29) is 50.6 Å². The summed E-state index contributed by atoms with van der Waals surface area (Å²) in [4.78, 5) is 72.3. The average molecular weight is 1280 g/mol. The minimum atomic E-state index is -5.14. The Morgan fingerprint density at radius 3 is 0.953 bits per heavy atom. The van der Waals surface area contributed by atoms with Gasteiger partial charge in [-0.15, -0.1) is 0 Å². The van der Waals surface area contributed by atoms with Crippen LogP contribution in [0.3, 0.4) is 0 Å². The zero-order chi connectivity index (χ0) is 62.2. The molecule has 0 aromatic rings. The molecule has 2 fully saturated rings. The van der Waals surface area contributed by atoms with Crippen molar-refractivity contribution in [2.45, 2.75) is 268 Å². The minimum absolute atomic E-state index is 0. The number of aliphatic hydroxyl groups is 2. The average Bonchev–Trinajstić information content (AvgIpc) is 3.90. The number of hydrogen-bond donors (Lipinski definition) is 2. The number of carbonyl (C=O) groups is 6. The van der Waals surface area contributed by atoms with Crippen LogP contribution >= 0.6 is 0 Å². The van der Waals surface area contributed by atoms with Gasteiger partial charge < -0.3 is 47.7 Å². The molecule has 85 heavy (non-hydrogen) atoms. The molecule has 0 spiro atoms. The predicted molar refractivity (Wildman–Crippen MR) is 323 cm³/mol. The van der Waals surface area contributed by atoms with Crippen LogP contribution in [-0.4, -0.2) is 173 Å². The Bertz CT molecular complexity index is 1960. The van der Waals surface area contributed by atoms with E-state index in [1.54, 1.807) is 0 Å². The summed E-state index contributed by atoms with van der Waals surface area (Å²) >= 11 is 0. The second kappa shape index (κ2) is 51.1. The van der Waals surface area contributed by atoms with Gasteiger partial charge in [0.05, 0.1) is 36.9 Å². The van der Waals surface area contributed by atoms with E-state index in [0.717, 1.165) is 38.5 Å². The topological polar surface area (TPSA) is 313 Å². The van der Waals surface area contributed by atoms with E-state index in [4.69, 9.17) is 28.4 Å². The fourth-order valence-corrected chi connectivity index (χ4v) is 10.6. The van der Waals surface area contributed by atoms with Crippen LogP contribution in [0.25, 0.3) is 0 Å². The molecule has 0 aliphatic carbocycles. The van der Waals surface area contributed by atoms with Gasteiger partial charge in [0.2, 0.25) is 0 Å². The maximum absolute atomic E-state index is 12.2. The van der Waals surface area contributed by atoms with Crippen LogP contribution in [-0.2, 0) is 77.4 Å². The fraction of sp³-hybridized carbons (Fsp3) is 0.839. The first kappa shape index (κ1) is 82.3. The van der Waals surface area contributed by atoms with E-state index in [0.29, 0.717) is 12.8 Å². The van der Waals surface area contributed by atoms with Gasteiger partial charge in [-0.05, 0) is 64.2 Å². The third-order valence-corrected chi connectivity index (χ3v) is 17.2. The molecule has 0 radical (unpaired) electrons. The van der Waals surface area contributed by atoms with Crippen molar-refractivity contribution in [2.24, 2.45) is 10.8 Å². The molecule has 2 rings (SSSR count). The summed E-state index contributed by atoms with van der Waals surface area (Å²) in [6.45, 7) is 0.287. The zero-order valence-electron chi connectivity index (χ0n) is 51.8. The van der Waals surface area contributed by atoms with Gasteiger partial charge in [-0.3, -0.25) is 28.8 Å². The van der Waals surface area contributed by atoms with Gasteiger partial charge in [-0.25, -0.2) is 16.8 Å². The van der Waals surface area contributed by atoms with Crippen molar-refractivity contribution >= 4 is 93.8 Å². The van der Waals surface area contributed by atoms with Gasteiger partial charge in [0, 0.05) is 12.8 Å². The van der Waals surface area contributed by atoms with Crippen molar-refractivity contribution in [2.75, 3.05) is 52.9 Å². The molecule has 0 amide bonds. The third kappa shape index (κ3) is 42.8. The van der Waals surface area contributed by atoms with Gasteiger partial charge in [0.25, 0.3) is 0 Å². The first-order chi connectivity index (χ1) is 40.3. The molecule has 2 heterocycles. The van der Waals surface area contributed by atoms with Crippen LogP contribution in [0.15, 0.2) is 24.3 Å². The van der Waals surface area contributed by atoms with E-state index >= 15 is 0 Å². The molecule has 2 N–H and O–H groups in total. The van der Waals surface area contributed by atoms with Crippen LogP contribution < -0.4 is 0 Å². The van der Waals surface area contributed by atoms with Gasteiger partial charge in [-0.1, -0.05) is 192 Å². The molecule has 4 unspecified atom stereocenters. The zero-order valence-corrected chi connectivity index (χ0v) is 55.6. The summed E-state index contributed by atoms with van der Waals surface area (Å²) < 4.78 is 97.9. The van der Waals surface area contributed by atoms with E-state index < -0.39 is 143 Å². The van der Waals surface area contributed by atoms with Crippen molar-refractivity contribution in [3.8, 4) is 0 Å². The molecule has 0 aromatic heterocycles. The molecule has 4 atom stereocenters. The Morgan fingerprint density at radius 2 is 0.694 bits per heavy atom. The number of allylic oxidation sites excluding steroid dienone is 4. The van der Waals surface area contributed by atoms with Crippen molar-refractivity contribution < 1.29 is 93.3 Å². The number of ether oxygens (including phenoxy) is 6. The Balaban J connectivity index is 0.00000164. The largest absolute Gasteiger partial charge is 2.00 e. The van der Waals surface area contributed by atoms with Gasteiger partial charge in [0.15, 0.2) is 10.5 Å². The summed E-state index contributed by atoms with van der Waals surface area (Å²) in [6.07, 6.45) is 48.4. The van der Waals surface area contributed by atoms with Crippen LogP contribution in [0, 0.1) is 10.8 Å². The third-order valence-electron chi connectivity index (χ3n) is 15.1. The maximum Gasteiger partial charge on any atom is 2.00 e. The second-order valence-corrected chi connectivity index (χ2v) is 26.2. The van der Waals surface area contributed by atoms with Crippen LogP contribution in [0.2, 0.25) is 0 Å². The number of cyclic esters (lactones) is 4. The molecule has 23 heteroatoms. The summed E-state index contributed by atoms with van der Waals surface area (Å²) in [5.74, 6) is -6.01. The Kier molecular flexibility index (Phi) is 49.5.